The Morgan fingerprint density at radius 3 is 2.54 bits per heavy atom. The summed E-state index contributed by atoms with van der Waals surface area (Å²) in [7, 11) is -3.79. The van der Waals surface area contributed by atoms with Crippen LogP contribution in [0.3, 0.4) is 0 Å². The van der Waals surface area contributed by atoms with Crippen molar-refractivity contribution in [1.82, 2.24) is 0 Å². The monoisotopic (exact) mass is 368 g/mol. The lowest BCUT2D eigenvalue weighted by Gasteiger charge is -2.12. The van der Waals surface area contributed by atoms with Gasteiger partial charge >= 0.3 is 0 Å². The number of azide groups is 1. The van der Waals surface area contributed by atoms with Gasteiger partial charge in [0.25, 0.3) is 10.0 Å². The SMILES string of the molecule is Cc1ccc(CO)cc1NS(=O)(=O)c1ccc2cc(N=[N+]=[N-])ccc2c1. The fourth-order valence-corrected chi connectivity index (χ4v) is 3.73. The van der Waals surface area contributed by atoms with Crippen LogP contribution in [-0.2, 0) is 16.6 Å². The Morgan fingerprint density at radius 2 is 1.81 bits per heavy atom. The van der Waals surface area contributed by atoms with Crippen molar-refractivity contribution in [3.05, 3.63) is 76.2 Å². The molecule has 0 amide bonds. The maximum absolute atomic E-state index is 12.7. The summed E-state index contributed by atoms with van der Waals surface area (Å²) in [4.78, 5) is 2.86. The van der Waals surface area contributed by atoms with Crippen LogP contribution < -0.4 is 4.72 Å². The van der Waals surface area contributed by atoms with Crippen molar-refractivity contribution >= 4 is 32.2 Å². The third kappa shape index (κ3) is 3.62. The Morgan fingerprint density at radius 1 is 1.08 bits per heavy atom. The highest BCUT2D eigenvalue weighted by Crippen LogP contribution is 2.26. The molecule has 0 saturated heterocycles. The molecular formula is C18H16N4O3S. The summed E-state index contributed by atoms with van der Waals surface area (Å²) < 4.78 is 28.0. The second-order valence-corrected chi connectivity index (χ2v) is 7.48. The molecular weight excluding hydrogens is 352 g/mol. The first-order valence-corrected chi connectivity index (χ1v) is 9.23. The van der Waals surface area contributed by atoms with Crippen LogP contribution in [0.2, 0.25) is 0 Å². The summed E-state index contributed by atoms with van der Waals surface area (Å²) >= 11 is 0. The zero-order valence-electron chi connectivity index (χ0n) is 13.9. The molecule has 0 unspecified atom stereocenters. The number of anilines is 1. The number of nitrogens with one attached hydrogen (secondary N) is 1. The molecule has 3 aromatic carbocycles. The van der Waals surface area contributed by atoms with E-state index in [0.29, 0.717) is 22.3 Å². The summed E-state index contributed by atoms with van der Waals surface area (Å²) in [6.07, 6.45) is 0. The van der Waals surface area contributed by atoms with E-state index in [-0.39, 0.29) is 11.5 Å². The second kappa shape index (κ2) is 7.05. The second-order valence-electron chi connectivity index (χ2n) is 5.80. The van der Waals surface area contributed by atoms with Crippen molar-refractivity contribution in [3.63, 3.8) is 0 Å². The van der Waals surface area contributed by atoms with E-state index in [1.807, 2.05) is 0 Å². The van der Waals surface area contributed by atoms with Gasteiger partial charge < -0.3 is 5.11 Å². The van der Waals surface area contributed by atoms with Gasteiger partial charge in [0.05, 0.1) is 17.2 Å². The van der Waals surface area contributed by atoms with Crippen molar-refractivity contribution in [2.24, 2.45) is 5.11 Å². The molecule has 2 N–H and O–H groups in total. The molecule has 0 bridgehead atoms. The maximum Gasteiger partial charge on any atom is 0.261 e. The first kappa shape index (κ1) is 17.8. The van der Waals surface area contributed by atoms with Crippen molar-refractivity contribution in [3.8, 4) is 0 Å². The molecule has 0 aliphatic heterocycles. The molecule has 0 heterocycles. The lowest BCUT2D eigenvalue weighted by Crippen LogP contribution is -2.14. The first-order chi connectivity index (χ1) is 12.4. The number of aliphatic hydroxyl groups excluding tert-OH is 1. The minimum Gasteiger partial charge on any atom is -0.392 e. The van der Waals surface area contributed by atoms with Crippen LogP contribution in [0.15, 0.2) is 64.6 Å². The zero-order chi connectivity index (χ0) is 18.7. The number of aryl methyl sites for hydroxylation is 1. The Balaban J connectivity index is 1.99. The smallest absolute Gasteiger partial charge is 0.261 e. The standard InChI is InChI=1S/C18H16N4O3S/c1-12-2-3-13(11-23)8-18(12)21-26(24,25)17-7-5-14-9-16(20-22-19)6-4-15(14)10-17/h2-10,21,23H,11H2,1H3. The number of hydrogen-bond acceptors (Lipinski definition) is 4. The summed E-state index contributed by atoms with van der Waals surface area (Å²) in [5, 5.41) is 14.3. The molecule has 0 aliphatic carbocycles. The quantitative estimate of drug-likeness (QED) is 0.395. The van der Waals surface area contributed by atoms with Crippen molar-refractivity contribution < 1.29 is 13.5 Å². The number of fused-ring (bicyclic) bond motifs is 1. The number of hydrogen-bond donors (Lipinski definition) is 2. The Bertz CT molecular complexity index is 1140. The van der Waals surface area contributed by atoms with E-state index in [1.165, 1.54) is 6.07 Å². The van der Waals surface area contributed by atoms with E-state index in [0.717, 1.165) is 10.9 Å². The molecule has 132 valence electrons. The van der Waals surface area contributed by atoms with Crippen LogP contribution in [0.4, 0.5) is 11.4 Å². The van der Waals surface area contributed by atoms with Gasteiger partial charge in [-0.15, -0.1) is 0 Å². The van der Waals surface area contributed by atoms with Gasteiger partial charge in [-0.2, -0.15) is 0 Å². The molecule has 3 rings (SSSR count). The van der Waals surface area contributed by atoms with E-state index in [1.54, 1.807) is 55.5 Å². The number of nitrogens with zero attached hydrogens (tertiary/aromatic N) is 3. The first-order valence-electron chi connectivity index (χ1n) is 7.75. The highest BCUT2D eigenvalue weighted by molar-refractivity contribution is 7.92. The average molecular weight is 368 g/mol. The third-order valence-electron chi connectivity index (χ3n) is 3.99. The van der Waals surface area contributed by atoms with Crippen LogP contribution in [0, 0.1) is 6.92 Å². The van der Waals surface area contributed by atoms with E-state index < -0.39 is 10.0 Å². The van der Waals surface area contributed by atoms with Crippen LogP contribution >= 0.6 is 0 Å². The summed E-state index contributed by atoms with van der Waals surface area (Å²) in [5.74, 6) is 0. The van der Waals surface area contributed by atoms with Gasteiger partial charge in [-0.1, -0.05) is 35.4 Å². The molecule has 0 aromatic heterocycles. The molecule has 0 spiro atoms. The normalized spacial score (nSPS) is 11.2. The highest BCUT2D eigenvalue weighted by atomic mass is 32.2. The highest BCUT2D eigenvalue weighted by Gasteiger charge is 2.16. The molecule has 26 heavy (non-hydrogen) atoms. The summed E-state index contributed by atoms with van der Waals surface area (Å²) in [5.41, 5.74) is 10.8. The number of sulfonamides is 1. The predicted octanol–water partition coefficient (Wildman–Crippen LogP) is 4.38. The van der Waals surface area contributed by atoms with Crippen molar-refractivity contribution in [2.75, 3.05) is 4.72 Å². The molecule has 0 fully saturated rings. The van der Waals surface area contributed by atoms with E-state index in [2.05, 4.69) is 14.7 Å². The van der Waals surface area contributed by atoms with Gasteiger partial charge in [0, 0.05) is 10.6 Å². The minimum atomic E-state index is -3.79. The van der Waals surface area contributed by atoms with Gasteiger partial charge in [-0.3, -0.25) is 4.72 Å². The molecule has 3 aromatic rings. The van der Waals surface area contributed by atoms with E-state index in [4.69, 9.17) is 5.53 Å². The zero-order valence-corrected chi connectivity index (χ0v) is 14.7. The van der Waals surface area contributed by atoms with Gasteiger partial charge in [0.15, 0.2) is 0 Å². The minimum absolute atomic E-state index is 0.121. The fourth-order valence-electron chi connectivity index (χ4n) is 2.57. The van der Waals surface area contributed by atoms with Crippen molar-refractivity contribution in [1.29, 1.82) is 0 Å². The predicted molar refractivity (Wildman–Crippen MR) is 101 cm³/mol. The lowest BCUT2D eigenvalue weighted by molar-refractivity contribution is 0.282. The van der Waals surface area contributed by atoms with E-state index in [9.17, 15) is 13.5 Å². The van der Waals surface area contributed by atoms with Gasteiger partial charge in [-0.25, -0.2) is 8.42 Å². The van der Waals surface area contributed by atoms with Crippen molar-refractivity contribution in [2.45, 2.75) is 18.4 Å². The average Bonchev–Trinajstić information content (AvgIpc) is 2.63. The van der Waals surface area contributed by atoms with Gasteiger partial charge in [0.1, 0.15) is 0 Å². The van der Waals surface area contributed by atoms with Crippen LogP contribution in [0.25, 0.3) is 21.2 Å². The summed E-state index contributed by atoms with van der Waals surface area (Å²) in [6, 6.07) is 14.8. The van der Waals surface area contributed by atoms with Crippen LogP contribution in [0.1, 0.15) is 11.1 Å². The number of rotatable bonds is 5. The van der Waals surface area contributed by atoms with E-state index >= 15 is 0 Å². The number of aliphatic hydroxyl groups is 1. The maximum atomic E-state index is 12.7. The molecule has 0 radical (unpaired) electrons. The molecule has 0 saturated carbocycles. The van der Waals surface area contributed by atoms with Gasteiger partial charge in [0.2, 0.25) is 0 Å². The summed E-state index contributed by atoms with van der Waals surface area (Å²) in [6.45, 7) is 1.62. The number of benzene rings is 3. The van der Waals surface area contributed by atoms with Crippen LogP contribution in [-0.4, -0.2) is 13.5 Å². The molecule has 0 atom stereocenters. The Kier molecular flexibility index (Phi) is 4.81. The molecule has 7 nitrogen and oxygen atoms in total. The largest absolute Gasteiger partial charge is 0.392 e. The topological polar surface area (TPSA) is 115 Å². The molecule has 8 heteroatoms. The Hall–Kier alpha value is -3.06. The third-order valence-corrected chi connectivity index (χ3v) is 5.36. The van der Waals surface area contributed by atoms with Gasteiger partial charge in [-0.05, 0) is 58.6 Å². The lowest BCUT2D eigenvalue weighted by atomic mass is 10.1. The van der Waals surface area contributed by atoms with Crippen LogP contribution in [0.5, 0.6) is 0 Å². The Labute approximate surface area is 150 Å². The molecule has 0 aliphatic rings. The fraction of sp³-hybridized carbons (Fsp3) is 0.111.